The maximum absolute atomic E-state index is 11.7. The molecular weight excluding hydrogens is 338 g/mol. The quantitative estimate of drug-likeness (QED) is 0.675. The van der Waals surface area contributed by atoms with Gasteiger partial charge in [-0.2, -0.15) is 0 Å². The third-order valence-electron chi connectivity index (χ3n) is 4.37. The summed E-state index contributed by atoms with van der Waals surface area (Å²) >= 11 is 0. The standard InChI is InChI=1S/C21H25N5O/c1-4-17-13-20(27)25-21(24-17)16-7-10-19(23-14-16)22-12-11-15-5-8-18(9-6-15)26(2)3/h5-10,13-14H,4,11-12H2,1-3H3,(H,22,23)(H,24,25,27). The Kier molecular flexibility index (Phi) is 5.86. The summed E-state index contributed by atoms with van der Waals surface area (Å²) in [6.45, 7) is 2.78. The molecule has 0 aliphatic rings. The summed E-state index contributed by atoms with van der Waals surface area (Å²) < 4.78 is 0. The van der Waals surface area contributed by atoms with Gasteiger partial charge in [0.05, 0.1) is 0 Å². The van der Waals surface area contributed by atoms with Gasteiger partial charge in [0.1, 0.15) is 11.6 Å². The smallest absolute Gasteiger partial charge is 0.251 e. The number of aromatic amines is 1. The van der Waals surface area contributed by atoms with Crippen LogP contribution in [0.1, 0.15) is 18.2 Å². The number of benzene rings is 1. The van der Waals surface area contributed by atoms with Crippen LogP contribution in [0.2, 0.25) is 0 Å². The molecule has 140 valence electrons. The van der Waals surface area contributed by atoms with Gasteiger partial charge in [0.25, 0.3) is 5.56 Å². The van der Waals surface area contributed by atoms with Gasteiger partial charge in [0, 0.05) is 49.8 Å². The fraction of sp³-hybridized carbons (Fsp3) is 0.286. The maximum atomic E-state index is 11.7. The molecule has 0 atom stereocenters. The predicted octanol–water partition coefficient (Wildman–Crippen LogP) is 3.11. The second-order valence-corrected chi connectivity index (χ2v) is 6.61. The number of nitrogens with one attached hydrogen (secondary N) is 2. The molecule has 0 saturated heterocycles. The molecule has 3 aromatic rings. The number of nitrogens with zero attached hydrogens (tertiary/aromatic N) is 3. The van der Waals surface area contributed by atoms with Crippen molar-refractivity contribution in [3.05, 3.63) is 70.3 Å². The van der Waals surface area contributed by atoms with Crippen LogP contribution in [0.4, 0.5) is 11.5 Å². The first-order chi connectivity index (χ1) is 13.0. The minimum atomic E-state index is -0.140. The van der Waals surface area contributed by atoms with Gasteiger partial charge in [0.15, 0.2) is 0 Å². The monoisotopic (exact) mass is 363 g/mol. The lowest BCUT2D eigenvalue weighted by molar-refractivity contribution is 0.983. The molecule has 27 heavy (non-hydrogen) atoms. The normalized spacial score (nSPS) is 10.6. The fourth-order valence-electron chi connectivity index (χ4n) is 2.76. The number of rotatable bonds is 7. The van der Waals surface area contributed by atoms with Gasteiger partial charge < -0.3 is 15.2 Å². The molecule has 6 heteroatoms. The lowest BCUT2D eigenvalue weighted by Gasteiger charge is -2.13. The average molecular weight is 363 g/mol. The van der Waals surface area contributed by atoms with Crippen molar-refractivity contribution in [1.82, 2.24) is 15.0 Å². The molecule has 0 aliphatic heterocycles. The van der Waals surface area contributed by atoms with Crippen molar-refractivity contribution < 1.29 is 0 Å². The van der Waals surface area contributed by atoms with Crippen LogP contribution >= 0.6 is 0 Å². The molecule has 2 N–H and O–H groups in total. The van der Waals surface area contributed by atoms with Crippen LogP contribution in [-0.4, -0.2) is 35.6 Å². The second kappa shape index (κ2) is 8.49. The van der Waals surface area contributed by atoms with Crippen molar-refractivity contribution >= 4 is 11.5 Å². The van der Waals surface area contributed by atoms with Gasteiger partial charge in [0.2, 0.25) is 0 Å². The van der Waals surface area contributed by atoms with Gasteiger partial charge >= 0.3 is 0 Å². The minimum Gasteiger partial charge on any atom is -0.378 e. The summed E-state index contributed by atoms with van der Waals surface area (Å²) in [7, 11) is 4.07. The van der Waals surface area contributed by atoms with Gasteiger partial charge in [-0.3, -0.25) is 4.79 Å². The summed E-state index contributed by atoms with van der Waals surface area (Å²) in [5, 5.41) is 3.33. The Balaban J connectivity index is 1.59. The number of pyridine rings is 1. The summed E-state index contributed by atoms with van der Waals surface area (Å²) in [6, 6.07) is 13.9. The molecular formula is C21H25N5O. The molecule has 0 spiro atoms. The van der Waals surface area contributed by atoms with E-state index in [2.05, 4.69) is 49.4 Å². The number of aryl methyl sites for hydroxylation is 1. The molecule has 0 radical (unpaired) electrons. The Bertz CT molecular complexity index is 930. The molecule has 0 unspecified atom stereocenters. The highest BCUT2D eigenvalue weighted by molar-refractivity contribution is 5.56. The number of aromatic nitrogens is 3. The zero-order chi connectivity index (χ0) is 19.2. The number of H-pyrrole nitrogens is 1. The Hall–Kier alpha value is -3.15. The number of hydrogen-bond donors (Lipinski definition) is 2. The Morgan fingerprint density at radius 3 is 2.52 bits per heavy atom. The van der Waals surface area contributed by atoms with E-state index in [0.29, 0.717) is 5.82 Å². The molecule has 6 nitrogen and oxygen atoms in total. The number of hydrogen-bond acceptors (Lipinski definition) is 5. The average Bonchev–Trinajstić information content (AvgIpc) is 2.68. The van der Waals surface area contributed by atoms with Crippen molar-refractivity contribution in [2.24, 2.45) is 0 Å². The fourth-order valence-corrected chi connectivity index (χ4v) is 2.76. The van der Waals surface area contributed by atoms with E-state index in [0.717, 1.165) is 36.5 Å². The molecule has 3 rings (SSSR count). The van der Waals surface area contributed by atoms with E-state index in [9.17, 15) is 4.79 Å². The van der Waals surface area contributed by atoms with E-state index in [-0.39, 0.29) is 5.56 Å². The third-order valence-corrected chi connectivity index (χ3v) is 4.37. The zero-order valence-corrected chi connectivity index (χ0v) is 16.0. The highest BCUT2D eigenvalue weighted by Crippen LogP contribution is 2.16. The Morgan fingerprint density at radius 2 is 1.89 bits per heavy atom. The minimum absolute atomic E-state index is 0.140. The molecule has 0 saturated carbocycles. The second-order valence-electron chi connectivity index (χ2n) is 6.61. The summed E-state index contributed by atoms with van der Waals surface area (Å²) in [5.41, 5.74) is 3.91. The predicted molar refractivity (Wildman–Crippen MR) is 110 cm³/mol. The third kappa shape index (κ3) is 4.94. The van der Waals surface area contributed by atoms with E-state index < -0.39 is 0 Å². The highest BCUT2D eigenvalue weighted by Gasteiger charge is 2.04. The Labute approximate surface area is 159 Å². The van der Waals surface area contributed by atoms with Gasteiger partial charge in [-0.25, -0.2) is 9.97 Å². The lowest BCUT2D eigenvalue weighted by Crippen LogP contribution is -2.10. The van der Waals surface area contributed by atoms with Crippen LogP contribution in [0.15, 0.2) is 53.5 Å². The number of anilines is 2. The summed E-state index contributed by atoms with van der Waals surface area (Å²) in [4.78, 5) is 25.4. The lowest BCUT2D eigenvalue weighted by atomic mass is 10.1. The molecule has 0 bridgehead atoms. The first kappa shape index (κ1) is 18.6. The SMILES string of the molecule is CCc1cc(=O)[nH]c(-c2ccc(NCCc3ccc(N(C)C)cc3)nc2)n1. The van der Waals surface area contributed by atoms with Crippen molar-refractivity contribution in [2.45, 2.75) is 19.8 Å². The van der Waals surface area contributed by atoms with Crippen LogP contribution in [0.5, 0.6) is 0 Å². The topological polar surface area (TPSA) is 73.9 Å². The maximum Gasteiger partial charge on any atom is 0.251 e. The first-order valence-electron chi connectivity index (χ1n) is 9.12. The van der Waals surface area contributed by atoms with E-state index in [1.807, 2.05) is 33.2 Å². The van der Waals surface area contributed by atoms with Crippen molar-refractivity contribution in [3.8, 4) is 11.4 Å². The van der Waals surface area contributed by atoms with E-state index in [1.165, 1.54) is 17.3 Å². The van der Waals surface area contributed by atoms with Gasteiger partial charge in [-0.1, -0.05) is 19.1 Å². The molecule has 0 fully saturated rings. The van der Waals surface area contributed by atoms with Crippen molar-refractivity contribution in [3.63, 3.8) is 0 Å². The molecule has 0 amide bonds. The zero-order valence-electron chi connectivity index (χ0n) is 16.0. The summed E-state index contributed by atoms with van der Waals surface area (Å²) in [6.07, 6.45) is 3.37. The highest BCUT2D eigenvalue weighted by atomic mass is 16.1. The Morgan fingerprint density at radius 1 is 1.11 bits per heavy atom. The van der Waals surface area contributed by atoms with E-state index in [4.69, 9.17) is 0 Å². The van der Waals surface area contributed by atoms with Crippen molar-refractivity contribution in [2.75, 3.05) is 30.9 Å². The van der Waals surface area contributed by atoms with Gasteiger partial charge in [-0.15, -0.1) is 0 Å². The van der Waals surface area contributed by atoms with Gasteiger partial charge in [-0.05, 0) is 42.7 Å². The molecule has 2 aromatic heterocycles. The van der Waals surface area contributed by atoms with Crippen LogP contribution < -0.4 is 15.8 Å². The summed E-state index contributed by atoms with van der Waals surface area (Å²) in [5.74, 6) is 1.36. The molecule has 2 heterocycles. The van der Waals surface area contributed by atoms with Crippen LogP contribution in [-0.2, 0) is 12.8 Å². The van der Waals surface area contributed by atoms with E-state index in [1.54, 1.807) is 6.20 Å². The van der Waals surface area contributed by atoms with Crippen LogP contribution in [0.25, 0.3) is 11.4 Å². The molecule has 1 aromatic carbocycles. The molecule has 0 aliphatic carbocycles. The largest absolute Gasteiger partial charge is 0.378 e. The first-order valence-corrected chi connectivity index (χ1v) is 9.12. The van der Waals surface area contributed by atoms with Crippen LogP contribution in [0, 0.1) is 0 Å². The van der Waals surface area contributed by atoms with Crippen molar-refractivity contribution in [1.29, 1.82) is 0 Å². The van der Waals surface area contributed by atoms with E-state index >= 15 is 0 Å². The van der Waals surface area contributed by atoms with Crippen LogP contribution in [0.3, 0.4) is 0 Å².